The molecule has 0 aliphatic heterocycles. The molecule has 0 radical (unpaired) electrons. The van der Waals surface area contributed by atoms with Gasteiger partial charge in [-0.2, -0.15) is 5.10 Å². The Labute approximate surface area is 129 Å². The maximum Gasteiger partial charge on any atom is 0.420 e. The topological polar surface area (TPSA) is 96.3 Å². The van der Waals surface area contributed by atoms with Crippen molar-refractivity contribution in [3.63, 3.8) is 0 Å². The van der Waals surface area contributed by atoms with Gasteiger partial charge in [0, 0.05) is 13.1 Å². The lowest BCUT2D eigenvalue weighted by atomic mass is 10.3. The molecule has 8 nitrogen and oxygen atoms in total. The van der Waals surface area contributed by atoms with Crippen LogP contribution in [0, 0.1) is 0 Å². The lowest BCUT2D eigenvalue weighted by Crippen LogP contribution is -2.23. The van der Waals surface area contributed by atoms with Crippen molar-refractivity contribution in [1.29, 1.82) is 0 Å². The van der Waals surface area contributed by atoms with Crippen LogP contribution in [0.5, 0.6) is 0 Å². The number of esters is 1. The first kappa shape index (κ1) is 14.8. The second kappa shape index (κ2) is 5.91. The summed E-state index contributed by atoms with van der Waals surface area (Å²) in [5.41, 5.74) is 0.812. The van der Waals surface area contributed by atoms with E-state index < -0.39 is 11.7 Å². The minimum atomic E-state index is -0.665. The van der Waals surface area contributed by atoms with Crippen LogP contribution in [0.15, 0.2) is 50.4 Å². The Bertz CT molecular complexity index is 982. The number of carbonyl (C=O) groups excluding carboxylic acids is 1. The van der Waals surface area contributed by atoms with Gasteiger partial charge >= 0.3 is 11.7 Å². The maximum atomic E-state index is 11.9. The van der Waals surface area contributed by atoms with Crippen LogP contribution < -0.4 is 11.3 Å². The molecule has 0 bridgehead atoms. The molecule has 0 N–H and O–H groups in total. The largest absolute Gasteiger partial charge is 0.459 e. The third-order valence-corrected chi connectivity index (χ3v) is 3.29. The molecule has 0 fully saturated rings. The standard InChI is InChI=1S/C15H13N3O5/c1-17-13(19)7-6-10(16-17)14(20)22-9-8-18-11-4-2-3-5-12(11)23-15(18)21/h2-7H,8-9H2,1H3. The first-order valence-electron chi connectivity index (χ1n) is 6.86. The number of hydrogen-bond acceptors (Lipinski definition) is 6. The van der Waals surface area contributed by atoms with E-state index in [0.717, 1.165) is 4.68 Å². The lowest BCUT2D eigenvalue weighted by molar-refractivity contribution is 0.0480. The number of aryl methyl sites for hydroxylation is 1. The average molecular weight is 315 g/mol. The molecule has 2 heterocycles. The Balaban J connectivity index is 1.70. The predicted molar refractivity (Wildman–Crippen MR) is 80.2 cm³/mol. The second-order valence-electron chi connectivity index (χ2n) is 4.80. The summed E-state index contributed by atoms with van der Waals surface area (Å²) in [6, 6.07) is 9.52. The van der Waals surface area contributed by atoms with Gasteiger partial charge in [-0.1, -0.05) is 12.1 Å². The summed E-state index contributed by atoms with van der Waals surface area (Å²) >= 11 is 0. The summed E-state index contributed by atoms with van der Waals surface area (Å²) in [7, 11) is 1.44. The van der Waals surface area contributed by atoms with Crippen molar-refractivity contribution >= 4 is 17.1 Å². The molecule has 1 aromatic carbocycles. The summed E-state index contributed by atoms with van der Waals surface area (Å²) in [5.74, 6) is -1.18. The summed E-state index contributed by atoms with van der Waals surface area (Å²) in [6.45, 7) is 0.139. The second-order valence-corrected chi connectivity index (χ2v) is 4.80. The lowest BCUT2D eigenvalue weighted by Gasteiger charge is -2.05. The molecular weight excluding hydrogens is 302 g/mol. The Morgan fingerprint density at radius 1 is 1.22 bits per heavy atom. The van der Waals surface area contributed by atoms with Gasteiger partial charge in [-0.25, -0.2) is 14.3 Å². The van der Waals surface area contributed by atoms with Crippen LogP contribution in [0.1, 0.15) is 10.5 Å². The highest BCUT2D eigenvalue weighted by molar-refractivity contribution is 5.86. The number of rotatable bonds is 4. The monoisotopic (exact) mass is 315 g/mol. The first-order chi connectivity index (χ1) is 11.1. The number of hydrogen-bond donors (Lipinski definition) is 0. The molecule has 0 saturated heterocycles. The summed E-state index contributed by atoms with van der Waals surface area (Å²) in [5, 5.41) is 3.80. The first-order valence-corrected chi connectivity index (χ1v) is 6.86. The van der Waals surface area contributed by atoms with Crippen molar-refractivity contribution in [2.75, 3.05) is 6.61 Å². The molecule has 0 atom stereocenters. The fourth-order valence-corrected chi connectivity index (χ4v) is 2.14. The molecular formula is C15H13N3O5. The zero-order chi connectivity index (χ0) is 16.4. The van der Waals surface area contributed by atoms with Gasteiger partial charge < -0.3 is 9.15 Å². The number of oxazole rings is 1. The molecule has 0 aliphatic rings. The van der Waals surface area contributed by atoms with E-state index in [1.54, 1.807) is 24.3 Å². The van der Waals surface area contributed by atoms with Crippen LogP contribution in [-0.4, -0.2) is 26.9 Å². The molecule has 0 amide bonds. The van der Waals surface area contributed by atoms with Gasteiger partial charge in [0.1, 0.15) is 6.61 Å². The van der Waals surface area contributed by atoms with Crippen LogP contribution in [0.2, 0.25) is 0 Å². The highest BCUT2D eigenvalue weighted by Gasteiger charge is 2.12. The van der Waals surface area contributed by atoms with Gasteiger partial charge in [0.2, 0.25) is 0 Å². The SMILES string of the molecule is Cn1nc(C(=O)OCCn2c(=O)oc3ccccc32)ccc1=O. The van der Waals surface area contributed by atoms with Gasteiger partial charge in [0.15, 0.2) is 11.3 Å². The van der Waals surface area contributed by atoms with Gasteiger partial charge in [-0.15, -0.1) is 0 Å². The molecule has 2 aromatic heterocycles. The smallest absolute Gasteiger partial charge is 0.420 e. The Morgan fingerprint density at radius 3 is 2.78 bits per heavy atom. The Hall–Kier alpha value is -3.16. The molecule has 3 rings (SSSR count). The minimum Gasteiger partial charge on any atom is -0.459 e. The number of ether oxygens (including phenoxy) is 1. The Morgan fingerprint density at radius 2 is 2.00 bits per heavy atom. The summed E-state index contributed by atoms with van der Waals surface area (Å²) in [6.07, 6.45) is 0. The fraction of sp³-hybridized carbons (Fsp3) is 0.200. The number of aromatic nitrogens is 3. The van der Waals surface area contributed by atoms with Crippen molar-refractivity contribution in [2.24, 2.45) is 7.05 Å². The fourth-order valence-electron chi connectivity index (χ4n) is 2.14. The van der Waals surface area contributed by atoms with Crippen molar-refractivity contribution < 1.29 is 13.9 Å². The molecule has 3 aromatic rings. The van der Waals surface area contributed by atoms with Gasteiger partial charge in [0.25, 0.3) is 5.56 Å². The van der Waals surface area contributed by atoms with Crippen molar-refractivity contribution in [2.45, 2.75) is 6.54 Å². The number of para-hydroxylation sites is 2. The molecule has 0 unspecified atom stereocenters. The van der Waals surface area contributed by atoms with Crippen molar-refractivity contribution in [3.05, 3.63) is 63.0 Å². The highest BCUT2D eigenvalue weighted by Crippen LogP contribution is 2.11. The summed E-state index contributed by atoms with van der Waals surface area (Å²) < 4.78 is 12.6. The highest BCUT2D eigenvalue weighted by atomic mass is 16.5. The quantitative estimate of drug-likeness (QED) is 0.652. The molecule has 0 spiro atoms. The van der Waals surface area contributed by atoms with Crippen molar-refractivity contribution in [3.8, 4) is 0 Å². The van der Waals surface area contributed by atoms with Crippen LogP contribution in [0.25, 0.3) is 11.1 Å². The molecule has 8 heteroatoms. The normalized spacial score (nSPS) is 10.8. The van der Waals surface area contributed by atoms with E-state index in [9.17, 15) is 14.4 Å². The Kier molecular flexibility index (Phi) is 3.80. The van der Waals surface area contributed by atoms with Crippen molar-refractivity contribution in [1.82, 2.24) is 14.3 Å². The predicted octanol–water partition coefficient (Wildman–Crippen LogP) is 0.545. The minimum absolute atomic E-state index is 0.0210. The van der Waals surface area contributed by atoms with E-state index in [0.29, 0.717) is 11.1 Å². The molecule has 118 valence electrons. The average Bonchev–Trinajstić information content (AvgIpc) is 2.86. The zero-order valence-electron chi connectivity index (χ0n) is 12.3. The molecule has 0 aliphatic carbocycles. The zero-order valence-corrected chi connectivity index (χ0v) is 12.3. The van der Waals surface area contributed by atoms with Crippen LogP contribution in [0.3, 0.4) is 0 Å². The van der Waals surface area contributed by atoms with E-state index in [1.165, 1.54) is 23.7 Å². The number of fused-ring (bicyclic) bond motifs is 1. The molecule has 0 saturated carbocycles. The van der Waals surface area contributed by atoms with Gasteiger partial charge in [0.05, 0.1) is 12.1 Å². The van der Waals surface area contributed by atoms with E-state index in [4.69, 9.17) is 9.15 Å². The van der Waals surface area contributed by atoms with E-state index in [2.05, 4.69) is 5.10 Å². The van der Waals surface area contributed by atoms with E-state index in [1.807, 2.05) is 0 Å². The number of benzene rings is 1. The van der Waals surface area contributed by atoms with Crippen LogP contribution in [0.4, 0.5) is 0 Å². The van der Waals surface area contributed by atoms with Crippen LogP contribution >= 0.6 is 0 Å². The molecule has 23 heavy (non-hydrogen) atoms. The van der Waals surface area contributed by atoms with Gasteiger partial charge in [-0.05, 0) is 18.2 Å². The summed E-state index contributed by atoms with van der Waals surface area (Å²) in [4.78, 5) is 34.9. The third-order valence-electron chi connectivity index (χ3n) is 3.29. The maximum absolute atomic E-state index is 11.9. The van der Waals surface area contributed by atoms with E-state index in [-0.39, 0.29) is 24.4 Å². The van der Waals surface area contributed by atoms with Gasteiger partial charge in [-0.3, -0.25) is 9.36 Å². The van der Waals surface area contributed by atoms with E-state index >= 15 is 0 Å². The number of carbonyl (C=O) groups is 1. The third kappa shape index (κ3) is 2.91. The van der Waals surface area contributed by atoms with Crippen LogP contribution in [-0.2, 0) is 18.3 Å². The number of nitrogens with zero attached hydrogens (tertiary/aromatic N) is 3.